The largest absolute Gasteiger partial charge is 0.493 e. The van der Waals surface area contributed by atoms with E-state index in [2.05, 4.69) is 15.9 Å². The van der Waals surface area contributed by atoms with Crippen molar-refractivity contribution >= 4 is 15.9 Å². The molecule has 1 N–H and O–H groups in total. The third kappa shape index (κ3) is 3.86. The van der Waals surface area contributed by atoms with Crippen molar-refractivity contribution in [3.63, 3.8) is 0 Å². The van der Waals surface area contributed by atoms with E-state index in [0.29, 0.717) is 13.0 Å². The van der Waals surface area contributed by atoms with E-state index in [1.165, 1.54) is 0 Å². The van der Waals surface area contributed by atoms with Crippen LogP contribution in [0.15, 0.2) is 59.1 Å². The molecule has 0 saturated heterocycles. The summed E-state index contributed by atoms with van der Waals surface area (Å²) in [6.07, 6.45) is 0.0955. The molecule has 0 heterocycles. The number of ether oxygens (including phenoxy) is 1. The molecule has 0 aliphatic carbocycles. The van der Waals surface area contributed by atoms with Gasteiger partial charge in [-0.25, -0.2) is 0 Å². The van der Waals surface area contributed by atoms with E-state index in [0.717, 1.165) is 15.8 Å². The number of para-hydroxylation sites is 1. The van der Waals surface area contributed by atoms with E-state index in [1.54, 1.807) is 0 Å². The average Bonchev–Trinajstić information content (AvgIpc) is 2.40. The van der Waals surface area contributed by atoms with E-state index in [1.807, 2.05) is 54.6 Å². The van der Waals surface area contributed by atoms with Crippen molar-refractivity contribution in [3.8, 4) is 5.75 Å². The van der Waals surface area contributed by atoms with Crippen molar-refractivity contribution in [1.29, 1.82) is 0 Å². The zero-order valence-corrected chi connectivity index (χ0v) is 11.5. The number of aliphatic hydroxyl groups excluding tert-OH is 1. The molecule has 0 aromatic heterocycles. The summed E-state index contributed by atoms with van der Waals surface area (Å²) in [7, 11) is 0. The number of halogens is 1. The molecule has 0 aliphatic heterocycles. The van der Waals surface area contributed by atoms with Crippen molar-refractivity contribution in [3.05, 3.63) is 64.6 Å². The lowest BCUT2D eigenvalue weighted by Gasteiger charge is -2.12. The van der Waals surface area contributed by atoms with Gasteiger partial charge >= 0.3 is 0 Å². The van der Waals surface area contributed by atoms with Gasteiger partial charge in [-0.3, -0.25) is 0 Å². The lowest BCUT2D eigenvalue weighted by atomic mass is 10.1. The van der Waals surface area contributed by atoms with E-state index in [-0.39, 0.29) is 0 Å². The van der Waals surface area contributed by atoms with Crippen molar-refractivity contribution in [1.82, 2.24) is 0 Å². The molecule has 2 aromatic rings. The van der Waals surface area contributed by atoms with Crippen molar-refractivity contribution in [2.75, 3.05) is 6.61 Å². The van der Waals surface area contributed by atoms with Gasteiger partial charge in [0, 0.05) is 10.9 Å². The molecule has 2 aromatic carbocycles. The van der Waals surface area contributed by atoms with Gasteiger partial charge in [0.25, 0.3) is 0 Å². The van der Waals surface area contributed by atoms with Crippen LogP contribution in [0.2, 0.25) is 0 Å². The normalized spacial score (nSPS) is 12.1. The van der Waals surface area contributed by atoms with Crippen LogP contribution in [0.4, 0.5) is 0 Å². The van der Waals surface area contributed by atoms with Crippen LogP contribution in [0.25, 0.3) is 0 Å². The first-order chi connectivity index (χ1) is 8.75. The molecule has 18 heavy (non-hydrogen) atoms. The Morgan fingerprint density at radius 3 is 2.33 bits per heavy atom. The molecule has 1 unspecified atom stereocenters. The molecule has 2 rings (SSSR count). The van der Waals surface area contributed by atoms with Gasteiger partial charge in [-0.05, 0) is 29.8 Å². The van der Waals surface area contributed by atoms with Crippen LogP contribution in [0, 0.1) is 0 Å². The Hall–Kier alpha value is -1.32. The highest BCUT2D eigenvalue weighted by molar-refractivity contribution is 9.10. The predicted molar refractivity (Wildman–Crippen MR) is 75.7 cm³/mol. The topological polar surface area (TPSA) is 29.5 Å². The maximum absolute atomic E-state index is 9.99. The first-order valence-corrected chi connectivity index (χ1v) is 6.66. The first kappa shape index (κ1) is 13.1. The van der Waals surface area contributed by atoms with Gasteiger partial charge < -0.3 is 9.84 Å². The summed E-state index contributed by atoms with van der Waals surface area (Å²) in [5.41, 5.74) is 0.912. The molecular weight excluding hydrogens is 292 g/mol. The number of benzene rings is 2. The Kier molecular flexibility index (Phi) is 4.79. The van der Waals surface area contributed by atoms with E-state index in [4.69, 9.17) is 4.74 Å². The summed E-state index contributed by atoms with van der Waals surface area (Å²) in [4.78, 5) is 0. The molecule has 0 bridgehead atoms. The fourth-order valence-corrected chi connectivity index (χ4v) is 1.92. The average molecular weight is 307 g/mol. The second kappa shape index (κ2) is 6.57. The van der Waals surface area contributed by atoms with E-state index >= 15 is 0 Å². The summed E-state index contributed by atoms with van der Waals surface area (Å²) in [5, 5.41) is 9.99. The monoisotopic (exact) mass is 306 g/mol. The van der Waals surface area contributed by atoms with Crippen LogP contribution >= 0.6 is 15.9 Å². The van der Waals surface area contributed by atoms with Gasteiger partial charge in [-0.1, -0.05) is 46.3 Å². The molecule has 0 amide bonds. The maximum Gasteiger partial charge on any atom is 0.119 e. The Balaban J connectivity index is 1.81. The second-order valence-electron chi connectivity index (χ2n) is 4.02. The van der Waals surface area contributed by atoms with E-state index < -0.39 is 6.10 Å². The predicted octanol–water partition coefficient (Wildman–Crippen LogP) is 3.95. The zero-order valence-electron chi connectivity index (χ0n) is 9.92. The minimum Gasteiger partial charge on any atom is -0.493 e. The van der Waals surface area contributed by atoms with Gasteiger partial charge in [0.2, 0.25) is 0 Å². The Bertz CT molecular complexity index is 468. The SMILES string of the molecule is OC(CCOc1ccccc1)c1ccc(Br)cc1. The molecule has 0 fully saturated rings. The minimum atomic E-state index is -0.484. The van der Waals surface area contributed by atoms with Gasteiger partial charge in [-0.2, -0.15) is 0 Å². The number of hydrogen-bond donors (Lipinski definition) is 1. The van der Waals surface area contributed by atoms with Gasteiger partial charge in [-0.15, -0.1) is 0 Å². The van der Waals surface area contributed by atoms with Crippen molar-refractivity contribution in [2.24, 2.45) is 0 Å². The Morgan fingerprint density at radius 1 is 1.00 bits per heavy atom. The van der Waals surface area contributed by atoms with Crippen LogP contribution in [0.1, 0.15) is 18.1 Å². The lowest BCUT2D eigenvalue weighted by molar-refractivity contribution is 0.141. The molecular formula is C15H15BrO2. The smallest absolute Gasteiger partial charge is 0.119 e. The molecule has 94 valence electrons. The van der Waals surface area contributed by atoms with Crippen LogP contribution in [0.5, 0.6) is 5.75 Å². The minimum absolute atomic E-state index is 0.484. The molecule has 0 radical (unpaired) electrons. The molecule has 2 nitrogen and oxygen atoms in total. The second-order valence-corrected chi connectivity index (χ2v) is 4.93. The first-order valence-electron chi connectivity index (χ1n) is 5.87. The van der Waals surface area contributed by atoms with E-state index in [9.17, 15) is 5.11 Å². The fourth-order valence-electron chi connectivity index (χ4n) is 1.66. The van der Waals surface area contributed by atoms with Crippen LogP contribution in [0.3, 0.4) is 0 Å². The quantitative estimate of drug-likeness (QED) is 0.906. The fraction of sp³-hybridized carbons (Fsp3) is 0.200. The molecule has 1 atom stereocenters. The summed E-state index contributed by atoms with van der Waals surface area (Å²) in [6.45, 7) is 0.501. The van der Waals surface area contributed by atoms with Gasteiger partial charge in [0.1, 0.15) is 5.75 Å². The Labute approximate surface area is 115 Å². The lowest BCUT2D eigenvalue weighted by Crippen LogP contribution is -2.05. The molecule has 0 spiro atoms. The Morgan fingerprint density at radius 2 is 1.67 bits per heavy atom. The number of hydrogen-bond acceptors (Lipinski definition) is 2. The van der Waals surface area contributed by atoms with Crippen LogP contribution < -0.4 is 4.74 Å². The van der Waals surface area contributed by atoms with Crippen molar-refractivity contribution < 1.29 is 9.84 Å². The summed E-state index contributed by atoms with van der Waals surface area (Å²) in [6, 6.07) is 17.3. The maximum atomic E-state index is 9.99. The van der Waals surface area contributed by atoms with Gasteiger partial charge in [0.15, 0.2) is 0 Å². The highest BCUT2D eigenvalue weighted by Gasteiger charge is 2.07. The molecule has 3 heteroatoms. The number of aliphatic hydroxyl groups is 1. The summed E-state index contributed by atoms with van der Waals surface area (Å²) >= 11 is 3.37. The van der Waals surface area contributed by atoms with Gasteiger partial charge in [0.05, 0.1) is 12.7 Å². The number of rotatable bonds is 5. The third-order valence-electron chi connectivity index (χ3n) is 2.66. The van der Waals surface area contributed by atoms with Crippen LogP contribution in [-0.2, 0) is 0 Å². The summed E-state index contributed by atoms with van der Waals surface area (Å²) < 4.78 is 6.57. The highest BCUT2D eigenvalue weighted by atomic mass is 79.9. The molecule has 0 aliphatic rings. The summed E-state index contributed by atoms with van der Waals surface area (Å²) in [5.74, 6) is 0.834. The molecule has 0 saturated carbocycles. The third-order valence-corrected chi connectivity index (χ3v) is 3.19. The zero-order chi connectivity index (χ0) is 12.8. The van der Waals surface area contributed by atoms with Crippen LogP contribution in [-0.4, -0.2) is 11.7 Å². The van der Waals surface area contributed by atoms with Crippen molar-refractivity contribution in [2.45, 2.75) is 12.5 Å². The highest BCUT2D eigenvalue weighted by Crippen LogP contribution is 2.20. The standard InChI is InChI=1S/C15H15BrO2/c16-13-8-6-12(7-9-13)15(17)10-11-18-14-4-2-1-3-5-14/h1-9,15,17H,10-11H2.